The Morgan fingerprint density at radius 1 is 1.00 bits per heavy atom. The second kappa shape index (κ2) is 12.0. The summed E-state index contributed by atoms with van der Waals surface area (Å²) in [6.07, 6.45) is 5.84. The highest BCUT2D eigenvalue weighted by Gasteiger charge is 2.23. The highest BCUT2D eigenvalue weighted by Crippen LogP contribution is 2.43. The fourth-order valence-corrected chi connectivity index (χ4v) is 5.70. The SMILES string of the molecule is CC(C)N1CCN(c2cc(-c3cc(F)cc(-c4ccc(N(C=O)/C=C\N(C)C)c(Cl)c4)c3O)cc3c2cnn3C)CC1. The lowest BCUT2D eigenvalue weighted by atomic mass is 9.95. The van der Waals surface area contributed by atoms with Gasteiger partial charge in [0, 0.05) is 88.0 Å². The lowest BCUT2D eigenvalue weighted by molar-refractivity contribution is -0.106. The molecule has 4 aromatic rings. The van der Waals surface area contributed by atoms with Gasteiger partial charge in [-0.3, -0.25) is 19.3 Å². The molecule has 0 spiro atoms. The number of amides is 1. The number of phenols is 1. The van der Waals surface area contributed by atoms with Crippen LogP contribution in [0.15, 0.2) is 61.1 Å². The first-order valence-corrected chi connectivity index (χ1v) is 14.3. The lowest BCUT2D eigenvalue weighted by Crippen LogP contribution is -2.48. The van der Waals surface area contributed by atoms with Crippen LogP contribution in [0.4, 0.5) is 15.8 Å². The Bertz CT molecular complexity index is 1640. The molecule has 1 aliphatic heterocycles. The van der Waals surface area contributed by atoms with Gasteiger partial charge in [-0.15, -0.1) is 0 Å². The Morgan fingerprint density at radius 2 is 1.69 bits per heavy atom. The number of phenolic OH excluding ortho intramolecular Hbond substituents is 1. The quantitative estimate of drug-likeness (QED) is 0.257. The highest BCUT2D eigenvalue weighted by molar-refractivity contribution is 6.34. The van der Waals surface area contributed by atoms with Gasteiger partial charge < -0.3 is 14.9 Å². The molecule has 42 heavy (non-hydrogen) atoms. The average molecular weight is 591 g/mol. The number of nitrogens with zero attached hydrogens (tertiary/aromatic N) is 6. The van der Waals surface area contributed by atoms with E-state index in [-0.39, 0.29) is 10.8 Å². The largest absolute Gasteiger partial charge is 0.507 e. The van der Waals surface area contributed by atoms with Gasteiger partial charge in [-0.1, -0.05) is 17.7 Å². The van der Waals surface area contributed by atoms with Crippen molar-refractivity contribution in [3.8, 4) is 28.0 Å². The van der Waals surface area contributed by atoms with Crippen molar-refractivity contribution < 1.29 is 14.3 Å². The number of aromatic hydroxyl groups is 1. The van der Waals surface area contributed by atoms with Crippen LogP contribution in [0.2, 0.25) is 5.02 Å². The number of aromatic nitrogens is 2. The standard InChI is InChI=1S/C32H36ClFN6O2/c1-21(2)38-10-12-39(13-11-38)31-16-23(15-30-27(31)19-35-37(30)5)26-18-24(34)17-25(32(26)42)22-6-7-29(28(33)14-22)40(20-41)9-8-36(3)4/h6-9,14-21,42H,10-13H2,1-5H3/b9-8-. The minimum absolute atomic E-state index is 0.0583. The summed E-state index contributed by atoms with van der Waals surface area (Å²) in [6, 6.07) is 12.1. The summed E-state index contributed by atoms with van der Waals surface area (Å²) >= 11 is 6.58. The van der Waals surface area contributed by atoms with E-state index in [1.807, 2.05) is 39.5 Å². The number of anilines is 2. The van der Waals surface area contributed by atoms with Crippen LogP contribution in [0.3, 0.4) is 0 Å². The van der Waals surface area contributed by atoms with Crippen LogP contribution in [-0.4, -0.2) is 77.4 Å². The number of carbonyl (C=O) groups is 1. The topological polar surface area (TPSA) is 68.1 Å². The molecule has 1 N–H and O–H groups in total. The zero-order chi connectivity index (χ0) is 30.1. The number of piperazine rings is 1. The lowest BCUT2D eigenvalue weighted by Gasteiger charge is -2.38. The van der Waals surface area contributed by atoms with Gasteiger partial charge in [-0.2, -0.15) is 5.10 Å². The van der Waals surface area contributed by atoms with Crippen molar-refractivity contribution in [3.05, 3.63) is 71.9 Å². The maximum Gasteiger partial charge on any atom is 0.218 e. The summed E-state index contributed by atoms with van der Waals surface area (Å²) in [7, 11) is 5.57. The molecule has 2 heterocycles. The van der Waals surface area contributed by atoms with Crippen molar-refractivity contribution in [1.29, 1.82) is 0 Å². The molecule has 1 saturated heterocycles. The summed E-state index contributed by atoms with van der Waals surface area (Å²) in [4.78, 5) is 19.7. The second-order valence-electron chi connectivity index (χ2n) is 11.1. The van der Waals surface area contributed by atoms with E-state index >= 15 is 4.39 Å². The Morgan fingerprint density at radius 3 is 2.31 bits per heavy atom. The van der Waals surface area contributed by atoms with Gasteiger partial charge in [0.1, 0.15) is 11.6 Å². The van der Waals surface area contributed by atoms with E-state index in [1.165, 1.54) is 17.0 Å². The monoisotopic (exact) mass is 590 g/mol. The van der Waals surface area contributed by atoms with E-state index in [4.69, 9.17) is 11.6 Å². The van der Waals surface area contributed by atoms with E-state index in [0.717, 1.165) is 42.8 Å². The first kappa shape index (κ1) is 29.4. The Labute approximate surface area is 250 Å². The molecule has 1 aromatic heterocycles. The minimum Gasteiger partial charge on any atom is -0.507 e. The molecule has 1 fully saturated rings. The van der Waals surface area contributed by atoms with Crippen molar-refractivity contribution in [2.75, 3.05) is 50.1 Å². The van der Waals surface area contributed by atoms with Gasteiger partial charge in [0.25, 0.3) is 0 Å². The number of hydrogen-bond acceptors (Lipinski definition) is 6. The van der Waals surface area contributed by atoms with Crippen LogP contribution >= 0.6 is 11.6 Å². The first-order valence-electron chi connectivity index (χ1n) is 13.9. The van der Waals surface area contributed by atoms with Crippen molar-refractivity contribution in [1.82, 2.24) is 19.6 Å². The number of fused-ring (bicyclic) bond motifs is 1. The Kier molecular flexibility index (Phi) is 8.43. The van der Waals surface area contributed by atoms with Crippen LogP contribution in [0.5, 0.6) is 5.75 Å². The molecule has 0 atom stereocenters. The number of carbonyl (C=O) groups excluding carboxylic acids is 1. The third-order valence-corrected chi connectivity index (χ3v) is 8.09. The summed E-state index contributed by atoms with van der Waals surface area (Å²) in [5.41, 5.74) is 4.26. The number of rotatable bonds is 8. The molecule has 10 heteroatoms. The molecular weight excluding hydrogens is 555 g/mol. The zero-order valence-corrected chi connectivity index (χ0v) is 25.3. The van der Waals surface area contributed by atoms with Gasteiger partial charge in [0.15, 0.2) is 0 Å². The molecule has 220 valence electrons. The summed E-state index contributed by atoms with van der Waals surface area (Å²) in [5, 5.41) is 17.3. The first-order chi connectivity index (χ1) is 20.1. The number of aryl methyl sites for hydroxylation is 1. The molecule has 5 rings (SSSR count). The number of benzene rings is 3. The maximum absolute atomic E-state index is 15.2. The van der Waals surface area contributed by atoms with Crippen LogP contribution < -0.4 is 9.80 Å². The van der Waals surface area contributed by atoms with E-state index in [9.17, 15) is 9.90 Å². The van der Waals surface area contributed by atoms with Gasteiger partial charge >= 0.3 is 0 Å². The summed E-state index contributed by atoms with van der Waals surface area (Å²) in [6.45, 7) is 8.03. The van der Waals surface area contributed by atoms with Crippen LogP contribution in [0.1, 0.15) is 13.8 Å². The maximum atomic E-state index is 15.2. The predicted octanol–water partition coefficient (Wildman–Crippen LogP) is 5.93. The third kappa shape index (κ3) is 5.80. The van der Waals surface area contributed by atoms with Gasteiger partial charge in [0.2, 0.25) is 6.41 Å². The van der Waals surface area contributed by atoms with E-state index in [2.05, 4.69) is 28.7 Å². The zero-order valence-electron chi connectivity index (χ0n) is 24.6. The Balaban J connectivity index is 1.56. The number of halogens is 2. The van der Waals surface area contributed by atoms with E-state index in [0.29, 0.717) is 40.4 Å². The third-order valence-electron chi connectivity index (χ3n) is 7.79. The van der Waals surface area contributed by atoms with E-state index in [1.54, 1.807) is 40.2 Å². The van der Waals surface area contributed by atoms with Crippen molar-refractivity contribution >= 4 is 40.3 Å². The Hall–Kier alpha value is -4.08. The molecular formula is C32H36ClFN6O2. The molecule has 1 aliphatic rings. The van der Waals surface area contributed by atoms with Gasteiger partial charge in [0.05, 0.1) is 22.4 Å². The van der Waals surface area contributed by atoms with Gasteiger partial charge in [-0.05, 0) is 61.4 Å². The summed E-state index contributed by atoms with van der Waals surface area (Å²) in [5.74, 6) is -0.546. The molecule has 1 amide bonds. The molecule has 0 unspecified atom stereocenters. The fraction of sp³-hybridized carbons (Fsp3) is 0.312. The molecule has 0 radical (unpaired) electrons. The van der Waals surface area contributed by atoms with Crippen molar-refractivity contribution in [2.24, 2.45) is 7.05 Å². The highest BCUT2D eigenvalue weighted by atomic mass is 35.5. The van der Waals surface area contributed by atoms with Crippen molar-refractivity contribution in [2.45, 2.75) is 19.9 Å². The van der Waals surface area contributed by atoms with E-state index < -0.39 is 5.82 Å². The fourth-order valence-electron chi connectivity index (χ4n) is 5.43. The van der Waals surface area contributed by atoms with Crippen molar-refractivity contribution in [3.63, 3.8) is 0 Å². The molecule has 8 nitrogen and oxygen atoms in total. The molecule has 0 bridgehead atoms. The molecule has 0 aliphatic carbocycles. The molecule has 0 saturated carbocycles. The van der Waals surface area contributed by atoms with Crippen LogP contribution in [-0.2, 0) is 11.8 Å². The van der Waals surface area contributed by atoms with Gasteiger partial charge in [-0.25, -0.2) is 4.39 Å². The van der Waals surface area contributed by atoms with Crippen LogP contribution in [0.25, 0.3) is 33.2 Å². The summed E-state index contributed by atoms with van der Waals surface area (Å²) < 4.78 is 17.0. The molecule has 3 aromatic carbocycles. The minimum atomic E-state index is -0.487. The predicted molar refractivity (Wildman–Crippen MR) is 169 cm³/mol. The smallest absolute Gasteiger partial charge is 0.218 e. The second-order valence-corrected chi connectivity index (χ2v) is 11.5. The normalized spacial score (nSPS) is 14.3. The number of hydrogen-bond donors (Lipinski definition) is 1. The van der Waals surface area contributed by atoms with Crippen LogP contribution in [0, 0.1) is 5.82 Å². The average Bonchev–Trinajstić information content (AvgIpc) is 3.34.